The third kappa shape index (κ3) is 4.52. The molecule has 0 aliphatic heterocycles. The highest BCUT2D eigenvalue weighted by Crippen LogP contribution is 2.22. The number of carbonyl (C=O) groups excluding carboxylic acids is 1. The maximum atomic E-state index is 14.2. The zero-order valence-electron chi connectivity index (χ0n) is 16.5. The number of anilines is 1. The summed E-state index contributed by atoms with van der Waals surface area (Å²) in [4.78, 5) is 20.5. The fraction of sp³-hybridized carbons (Fsp3) is 0.190. The molecule has 9 heteroatoms. The van der Waals surface area contributed by atoms with Crippen molar-refractivity contribution in [3.8, 4) is 11.4 Å². The van der Waals surface area contributed by atoms with Crippen molar-refractivity contribution in [2.75, 3.05) is 18.4 Å². The first-order valence-corrected chi connectivity index (χ1v) is 10.8. The van der Waals surface area contributed by atoms with Crippen LogP contribution in [-0.2, 0) is 10.0 Å². The molecule has 1 amide bonds. The average Bonchev–Trinajstić information content (AvgIpc) is 2.75. The predicted octanol–water partition coefficient (Wildman–Crippen LogP) is 3.57. The Morgan fingerprint density at radius 3 is 2.27 bits per heavy atom. The van der Waals surface area contributed by atoms with E-state index in [0.717, 1.165) is 22.0 Å². The lowest BCUT2D eigenvalue weighted by Gasteiger charge is -2.19. The molecule has 0 spiro atoms. The van der Waals surface area contributed by atoms with E-state index in [1.54, 1.807) is 13.8 Å². The standard InChI is InChI=1S/C21H21FN4O3S/c1-3-26(4-2)30(28,29)19-12-16(10-11-18(19)22)21(27)25-17-13-23-20(24-14-17)15-8-6-5-7-9-15/h5-14H,3-4H2,1-2H3,(H,25,27). The van der Waals surface area contributed by atoms with Crippen molar-refractivity contribution in [3.05, 3.63) is 72.3 Å². The van der Waals surface area contributed by atoms with Gasteiger partial charge in [0.05, 0.1) is 18.1 Å². The number of amides is 1. The summed E-state index contributed by atoms with van der Waals surface area (Å²) >= 11 is 0. The number of aromatic nitrogens is 2. The van der Waals surface area contributed by atoms with Crippen LogP contribution in [0.25, 0.3) is 11.4 Å². The molecule has 0 saturated heterocycles. The van der Waals surface area contributed by atoms with Crippen LogP contribution in [0.2, 0.25) is 0 Å². The number of carbonyl (C=O) groups is 1. The molecule has 30 heavy (non-hydrogen) atoms. The molecule has 1 heterocycles. The van der Waals surface area contributed by atoms with Gasteiger partial charge in [0.25, 0.3) is 5.91 Å². The molecular weight excluding hydrogens is 407 g/mol. The molecule has 1 N–H and O–H groups in total. The Labute approximate surface area is 174 Å². The summed E-state index contributed by atoms with van der Waals surface area (Å²) in [5.74, 6) is -1.00. The molecule has 0 unspecified atom stereocenters. The number of hydrogen-bond donors (Lipinski definition) is 1. The van der Waals surface area contributed by atoms with Gasteiger partial charge in [-0.25, -0.2) is 22.8 Å². The fourth-order valence-electron chi connectivity index (χ4n) is 2.88. The second-order valence-corrected chi connectivity index (χ2v) is 8.26. The molecule has 3 aromatic rings. The smallest absolute Gasteiger partial charge is 0.255 e. The predicted molar refractivity (Wildman–Crippen MR) is 112 cm³/mol. The Bertz CT molecular complexity index is 1130. The topological polar surface area (TPSA) is 92.3 Å². The minimum absolute atomic E-state index is 0.00858. The van der Waals surface area contributed by atoms with E-state index in [1.165, 1.54) is 18.5 Å². The van der Waals surface area contributed by atoms with Crippen molar-refractivity contribution in [1.29, 1.82) is 0 Å². The van der Waals surface area contributed by atoms with E-state index in [9.17, 15) is 17.6 Å². The van der Waals surface area contributed by atoms with Crippen LogP contribution < -0.4 is 5.32 Å². The van der Waals surface area contributed by atoms with Gasteiger partial charge in [-0.05, 0) is 18.2 Å². The molecule has 156 valence electrons. The quantitative estimate of drug-likeness (QED) is 0.621. The Kier molecular flexibility index (Phi) is 6.53. The second-order valence-electron chi connectivity index (χ2n) is 6.35. The minimum atomic E-state index is -4.04. The molecular formula is C21H21FN4O3S. The lowest BCUT2D eigenvalue weighted by molar-refractivity contribution is 0.102. The van der Waals surface area contributed by atoms with E-state index in [4.69, 9.17) is 0 Å². The number of hydrogen-bond acceptors (Lipinski definition) is 5. The first-order chi connectivity index (χ1) is 14.4. The van der Waals surface area contributed by atoms with Gasteiger partial charge in [-0.1, -0.05) is 44.2 Å². The molecule has 0 aliphatic carbocycles. The maximum absolute atomic E-state index is 14.2. The molecule has 0 saturated carbocycles. The number of halogens is 1. The highest BCUT2D eigenvalue weighted by molar-refractivity contribution is 7.89. The van der Waals surface area contributed by atoms with Crippen LogP contribution in [0.1, 0.15) is 24.2 Å². The Balaban J connectivity index is 1.82. The van der Waals surface area contributed by atoms with E-state index >= 15 is 0 Å². The third-order valence-corrected chi connectivity index (χ3v) is 6.52. The molecule has 0 radical (unpaired) electrons. The van der Waals surface area contributed by atoms with E-state index in [-0.39, 0.29) is 18.7 Å². The van der Waals surface area contributed by atoms with Crippen LogP contribution >= 0.6 is 0 Å². The van der Waals surface area contributed by atoms with Gasteiger partial charge in [-0.15, -0.1) is 0 Å². The summed E-state index contributed by atoms with van der Waals surface area (Å²) in [5, 5.41) is 2.60. The van der Waals surface area contributed by atoms with Gasteiger partial charge in [0.1, 0.15) is 10.7 Å². The molecule has 7 nitrogen and oxygen atoms in total. The van der Waals surface area contributed by atoms with Crippen LogP contribution in [0.15, 0.2) is 65.8 Å². The van der Waals surface area contributed by atoms with E-state index in [0.29, 0.717) is 11.5 Å². The Hall–Kier alpha value is -3.17. The van der Waals surface area contributed by atoms with Crippen molar-refractivity contribution >= 4 is 21.6 Å². The highest BCUT2D eigenvalue weighted by atomic mass is 32.2. The molecule has 0 fully saturated rings. The Morgan fingerprint density at radius 1 is 1.03 bits per heavy atom. The highest BCUT2D eigenvalue weighted by Gasteiger charge is 2.26. The fourth-order valence-corrected chi connectivity index (χ4v) is 4.43. The number of benzene rings is 2. The minimum Gasteiger partial charge on any atom is -0.319 e. The second kappa shape index (κ2) is 9.10. The number of nitrogens with one attached hydrogen (secondary N) is 1. The molecule has 1 aromatic heterocycles. The first-order valence-electron chi connectivity index (χ1n) is 9.35. The molecule has 3 rings (SSSR count). The first kappa shape index (κ1) is 21.5. The van der Waals surface area contributed by atoms with E-state index in [2.05, 4.69) is 15.3 Å². The van der Waals surface area contributed by atoms with Crippen LogP contribution in [0.4, 0.5) is 10.1 Å². The van der Waals surface area contributed by atoms with Crippen LogP contribution in [-0.4, -0.2) is 41.7 Å². The van der Waals surface area contributed by atoms with E-state index in [1.807, 2.05) is 30.3 Å². The van der Waals surface area contributed by atoms with Gasteiger partial charge in [0.2, 0.25) is 10.0 Å². The summed E-state index contributed by atoms with van der Waals surface area (Å²) in [6.07, 6.45) is 2.90. The molecule has 0 atom stereocenters. The normalized spacial score (nSPS) is 11.5. The maximum Gasteiger partial charge on any atom is 0.255 e. The molecule has 2 aromatic carbocycles. The summed E-state index contributed by atoms with van der Waals surface area (Å²) in [6, 6.07) is 12.6. The summed E-state index contributed by atoms with van der Waals surface area (Å²) < 4.78 is 40.7. The van der Waals surface area contributed by atoms with Gasteiger partial charge in [-0.3, -0.25) is 4.79 Å². The van der Waals surface area contributed by atoms with Crippen LogP contribution in [0.3, 0.4) is 0 Å². The van der Waals surface area contributed by atoms with Crippen molar-refractivity contribution in [2.45, 2.75) is 18.7 Å². The third-order valence-electron chi connectivity index (χ3n) is 4.46. The molecule has 0 bridgehead atoms. The summed E-state index contributed by atoms with van der Waals surface area (Å²) in [7, 11) is -4.04. The largest absolute Gasteiger partial charge is 0.319 e. The van der Waals surface area contributed by atoms with Gasteiger partial charge >= 0.3 is 0 Å². The van der Waals surface area contributed by atoms with Gasteiger partial charge in [0, 0.05) is 24.2 Å². The van der Waals surface area contributed by atoms with E-state index < -0.39 is 26.6 Å². The van der Waals surface area contributed by atoms with Crippen molar-refractivity contribution in [1.82, 2.24) is 14.3 Å². The van der Waals surface area contributed by atoms with Crippen molar-refractivity contribution in [3.63, 3.8) is 0 Å². The average molecular weight is 428 g/mol. The zero-order chi connectivity index (χ0) is 21.7. The van der Waals surface area contributed by atoms with Gasteiger partial charge in [0.15, 0.2) is 5.82 Å². The Morgan fingerprint density at radius 2 is 1.67 bits per heavy atom. The lowest BCUT2D eigenvalue weighted by atomic mass is 10.2. The summed E-state index contributed by atoms with van der Waals surface area (Å²) in [5.41, 5.74) is 1.17. The van der Waals surface area contributed by atoms with Gasteiger partial charge in [-0.2, -0.15) is 4.31 Å². The van der Waals surface area contributed by atoms with Gasteiger partial charge < -0.3 is 5.32 Å². The lowest BCUT2D eigenvalue weighted by Crippen LogP contribution is -2.31. The van der Waals surface area contributed by atoms with Crippen LogP contribution in [0, 0.1) is 5.82 Å². The zero-order valence-corrected chi connectivity index (χ0v) is 17.4. The van der Waals surface area contributed by atoms with Crippen molar-refractivity contribution < 1.29 is 17.6 Å². The van der Waals surface area contributed by atoms with Crippen molar-refractivity contribution in [2.24, 2.45) is 0 Å². The summed E-state index contributed by atoms with van der Waals surface area (Å²) in [6.45, 7) is 3.71. The van der Waals surface area contributed by atoms with Crippen LogP contribution in [0.5, 0.6) is 0 Å². The molecule has 0 aliphatic rings. The SMILES string of the molecule is CCN(CC)S(=O)(=O)c1cc(C(=O)Nc2cnc(-c3ccccc3)nc2)ccc1F. The monoisotopic (exact) mass is 428 g/mol. The number of rotatable bonds is 7. The number of sulfonamides is 1. The number of nitrogens with zero attached hydrogens (tertiary/aromatic N) is 3.